The second-order valence-electron chi connectivity index (χ2n) is 15.3. The summed E-state index contributed by atoms with van der Waals surface area (Å²) in [7, 11) is -1.88. The fourth-order valence-electron chi connectivity index (χ4n) is 5.08. The molecule has 1 saturated heterocycles. The van der Waals surface area contributed by atoms with E-state index in [-0.39, 0.29) is 10.6 Å². The highest BCUT2D eigenvalue weighted by atomic mass is 79.9. The molecule has 1 heterocycles. The zero-order chi connectivity index (χ0) is 29.6. The van der Waals surface area contributed by atoms with Gasteiger partial charge in [0.2, 0.25) is 8.32 Å². The molecule has 0 N–H and O–H groups in total. The van der Waals surface area contributed by atoms with Crippen LogP contribution in [0.1, 0.15) is 140 Å². The summed E-state index contributed by atoms with van der Waals surface area (Å²) in [6.07, 6.45) is 17.9. The first kappa shape index (κ1) is 34.6. The molecule has 0 saturated carbocycles. The standard InChI is InChI=1S/C35H61BrO2Si/c1-26(15-13-14-16-27(2)18-22-32-35(9,10)37-32)17-21-31(38-39(11,12)33(4,5)6)28(3)19-20-29-23-24-34(7,8)25-30(29)36/h15-16,32H,13-14,17-25H2,1-12H3/b26-15+,27-16+,31-28-/t32-/m0/s1. The maximum Gasteiger partial charge on any atom is 0.250 e. The molecular formula is C35H61BrO2Si. The molecule has 0 radical (unpaired) electrons. The van der Waals surface area contributed by atoms with Crippen LogP contribution in [-0.2, 0) is 9.16 Å². The minimum Gasteiger partial charge on any atom is -0.547 e. The number of halogens is 1. The molecule has 0 spiro atoms. The van der Waals surface area contributed by atoms with Crippen LogP contribution in [0.4, 0.5) is 0 Å². The number of ether oxygens (including phenoxy) is 1. The Morgan fingerprint density at radius 3 is 2.05 bits per heavy atom. The van der Waals surface area contributed by atoms with Gasteiger partial charge < -0.3 is 9.16 Å². The van der Waals surface area contributed by atoms with Gasteiger partial charge in [-0.15, -0.1) is 0 Å². The average molecular weight is 622 g/mol. The smallest absolute Gasteiger partial charge is 0.250 e. The van der Waals surface area contributed by atoms with Crippen molar-refractivity contribution in [2.45, 2.75) is 170 Å². The summed E-state index contributed by atoms with van der Waals surface area (Å²) in [6, 6.07) is 0. The third-order valence-corrected chi connectivity index (χ3v) is 14.7. The Morgan fingerprint density at radius 1 is 0.974 bits per heavy atom. The van der Waals surface area contributed by atoms with Gasteiger partial charge in [0.05, 0.1) is 17.5 Å². The van der Waals surface area contributed by atoms with Gasteiger partial charge in [-0.3, -0.25) is 0 Å². The molecular weight excluding hydrogens is 560 g/mol. The fraction of sp³-hybridized carbons (Fsp3) is 0.771. The van der Waals surface area contributed by atoms with Crippen LogP contribution in [-0.4, -0.2) is 20.0 Å². The Morgan fingerprint density at radius 2 is 1.54 bits per heavy atom. The molecule has 224 valence electrons. The number of allylic oxidation sites excluding steroid dienone is 8. The van der Waals surface area contributed by atoms with Crippen LogP contribution in [0.15, 0.2) is 44.7 Å². The molecule has 0 bridgehead atoms. The molecule has 0 aromatic carbocycles. The van der Waals surface area contributed by atoms with E-state index in [0.717, 1.165) is 51.4 Å². The molecule has 1 fully saturated rings. The van der Waals surface area contributed by atoms with E-state index >= 15 is 0 Å². The van der Waals surface area contributed by atoms with Crippen molar-refractivity contribution in [2.24, 2.45) is 5.41 Å². The predicted molar refractivity (Wildman–Crippen MR) is 178 cm³/mol. The zero-order valence-corrected chi connectivity index (χ0v) is 30.3. The minimum atomic E-state index is -1.88. The lowest BCUT2D eigenvalue weighted by molar-refractivity contribution is 0.319. The third kappa shape index (κ3) is 11.7. The number of rotatable bonds is 14. The van der Waals surface area contributed by atoms with Gasteiger partial charge in [0.25, 0.3) is 0 Å². The summed E-state index contributed by atoms with van der Waals surface area (Å²) in [6.45, 7) is 27.9. The molecule has 0 aromatic heterocycles. The van der Waals surface area contributed by atoms with Gasteiger partial charge in [-0.05, 0) is 132 Å². The zero-order valence-electron chi connectivity index (χ0n) is 27.7. The second-order valence-corrected chi connectivity index (χ2v) is 21.0. The van der Waals surface area contributed by atoms with Gasteiger partial charge in [-0.1, -0.05) is 79.4 Å². The molecule has 2 rings (SSSR count). The molecule has 0 aromatic rings. The Kier molecular flexibility index (Phi) is 12.5. The summed E-state index contributed by atoms with van der Waals surface area (Å²) >= 11 is 3.93. The van der Waals surface area contributed by atoms with Crippen LogP contribution < -0.4 is 0 Å². The van der Waals surface area contributed by atoms with E-state index in [1.807, 2.05) is 0 Å². The molecule has 1 aliphatic heterocycles. The van der Waals surface area contributed by atoms with Crippen LogP contribution in [0.2, 0.25) is 18.1 Å². The maximum atomic E-state index is 6.98. The SMILES string of the molecule is C/C(CCC1=C(Br)CC(C)(C)CC1)=C(\CC/C(C)=C/CC/C=C(\C)CC[C@@H]1OC1(C)C)O[Si](C)(C)C(C)(C)C. The molecule has 1 aliphatic carbocycles. The van der Waals surface area contributed by atoms with Crippen LogP contribution >= 0.6 is 15.9 Å². The summed E-state index contributed by atoms with van der Waals surface area (Å²) in [5.41, 5.74) is 6.59. The molecule has 39 heavy (non-hydrogen) atoms. The fourth-order valence-corrected chi connectivity index (χ4v) is 7.44. The number of hydrogen-bond donors (Lipinski definition) is 0. The third-order valence-electron chi connectivity index (χ3n) is 9.45. The highest BCUT2D eigenvalue weighted by molar-refractivity contribution is 9.11. The van der Waals surface area contributed by atoms with Gasteiger partial charge >= 0.3 is 0 Å². The van der Waals surface area contributed by atoms with Crippen LogP contribution in [0.5, 0.6) is 0 Å². The van der Waals surface area contributed by atoms with Gasteiger partial charge in [0, 0.05) is 6.42 Å². The van der Waals surface area contributed by atoms with Gasteiger partial charge in [-0.2, -0.15) is 0 Å². The molecule has 2 nitrogen and oxygen atoms in total. The Labute approximate surface area is 252 Å². The van der Waals surface area contributed by atoms with Gasteiger partial charge in [0.15, 0.2) is 0 Å². The number of epoxide rings is 1. The van der Waals surface area contributed by atoms with Crippen molar-refractivity contribution in [3.05, 3.63) is 44.7 Å². The van der Waals surface area contributed by atoms with E-state index in [1.54, 1.807) is 5.57 Å². The van der Waals surface area contributed by atoms with E-state index in [0.29, 0.717) is 11.5 Å². The molecule has 0 unspecified atom stereocenters. The van der Waals surface area contributed by atoms with Crippen molar-refractivity contribution in [3.63, 3.8) is 0 Å². The first-order chi connectivity index (χ1) is 17.8. The first-order valence-corrected chi connectivity index (χ1v) is 19.3. The largest absolute Gasteiger partial charge is 0.547 e. The second kappa shape index (κ2) is 14.1. The Hall–Kier alpha value is -0.583. The lowest BCUT2D eigenvalue weighted by Gasteiger charge is -2.38. The summed E-state index contributed by atoms with van der Waals surface area (Å²) in [4.78, 5) is 0. The monoisotopic (exact) mass is 620 g/mol. The molecule has 1 atom stereocenters. The lowest BCUT2D eigenvalue weighted by atomic mass is 9.77. The van der Waals surface area contributed by atoms with Crippen LogP contribution in [0.3, 0.4) is 0 Å². The van der Waals surface area contributed by atoms with Crippen molar-refractivity contribution in [3.8, 4) is 0 Å². The molecule has 2 aliphatic rings. The average Bonchev–Trinajstić information content (AvgIpc) is 3.42. The summed E-state index contributed by atoms with van der Waals surface area (Å²) in [5, 5.41) is 0.204. The van der Waals surface area contributed by atoms with Gasteiger partial charge in [0.1, 0.15) is 0 Å². The summed E-state index contributed by atoms with van der Waals surface area (Å²) < 4.78 is 14.2. The van der Waals surface area contributed by atoms with Crippen molar-refractivity contribution in [1.29, 1.82) is 0 Å². The van der Waals surface area contributed by atoms with Crippen LogP contribution in [0.25, 0.3) is 0 Å². The van der Waals surface area contributed by atoms with E-state index in [9.17, 15) is 0 Å². The van der Waals surface area contributed by atoms with Crippen molar-refractivity contribution in [2.75, 3.05) is 0 Å². The van der Waals surface area contributed by atoms with Crippen molar-refractivity contribution < 1.29 is 9.16 Å². The predicted octanol–water partition coefficient (Wildman–Crippen LogP) is 12.3. The van der Waals surface area contributed by atoms with E-state index in [2.05, 4.69) is 110 Å². The maximum absolute atomic E-state index is 6.98. The quantitative estimate of drug-likeness (QED) is 0.0633. The molecule has 4 heteroatoms. The number of hydrogen-bond acceptors (Lipinski definition) is 2. The lowest BCUT2D eigenvalue weighted by Crippen LogP contribution is -2.40. The Balaban J connectivity index is 1.97. The minimum absolute atomic E-state index is 0.112. The number of unbranched alkanes of at least 4 members (excludes halogenated alkanes) is 1. The normalized spacial score (nSPS) is 22.6. The van der Waals surface area contributed by atoms with Crippen molar-refractivity contribution >= 4 is 24.2 Å². The van der Waals surface area contributed by atoms with Gasteiger partial charge in [-0.25, -0.2) is 0 Å². The topological polar surface area (TPSA) is 21.8 Å². The highest BCUT2D eigenvalue weighted by Crippen LogP contribution is 2.43. The molecule has 0 amide bonds. The first-order valence-electron chi connectivity index (χ1n) is 15.6. The summed E-state index contributed by atoms with van der Waals surface area (Å²) in [5.74, 6) is 1.27. The van der Waals surface area contributed by atoms with Crippen molar-refractivity contribution in [1.82, 2.24) is 0 Å². The highest BCUT2D eigenvalue weighted by Gasteiger charge is 2.46. The van der Waals surface area contributed by atoms with E-state index < -0.39 is 8.32 Å². The van der Waals surface area contributed by atoms with E-state index in [1.165, 1.54) is 46.2 Å². The van der Waals surface area contributed by atoms with E-state index in [4.69, 9.17) is 9.16 Å². The Bertz CT molecular complexity index is 956. The van der Waals surface area contributed by atoms with Crippen LogP contribution in [0, 0.1) is 5.41 Å².